The monoisotopic (exact) mass is 144 g/mol. The van der Waals surface area contributed by atoms with Crippen molar-refractivity contribution >= 4 is 10.9 Å². The maximum Gasteiger partial charge on any atom is 0.224 e. The molecule has 0 saturated heterocycles. The van der Waals surface area contributed by atoms with Gasteiger partial charge < -0.3 is 5.21 Å². The highest BCUT2D eigenvalue weighted by Gasteiger charge is 1.98. The van der Waals surface area contributed by atoms with Gasteiger partial charge in [-0.15, -0.1) is 0 Å². The van der Waals surface area contributed by atoms with Crippen LogP contribution < -0.4 is 4.73 Å². The summed E-state index contributed by atoms with van der Waals surface area (Å²) in [5.41, 5.74) is 0.662. The molecule has 0 aliphatic carbocycles. The van der Waals surface area contributed by atoms with E-state index in [1.165, 1.54) is 6.20 Å². The fourth-order valence-electron chi connectivity index (χ4n) is 1.07. The van der Waals surface area contributed by atoms with Crippen LogP contribution in [0.5, 0.6) is 0 Å². The van der Waals surface area contributed by atoms with Crippen molar-refractivity contribution in [2.75, 3.05) is 0 Å². The Bertz CT molecular complexity index is 379. The Morgan fingerprint density at radius 1 is 1.36 bits per heavy atom. The number of benzene rings is 1. The topological polar surface area (TPSA) is 26.9 Å². The molecule has 1 aromatic heterocycles. The van der Waals surface area contributed by atoms with Gasteiger partial charge in [0.15, 0.2) is 6.20 Å². The van der Waals surface area contributed by atoms with E-state index >= 15 is 0 Å². The summed E-state index contributed by atoms with van der Waals surface area (Å²) in [6.45, 7) is 0. The quantitative estimate of drug-likeness (QED) is 0.404. The number of aromatic nitrogens is 1. The maximum atomic E-state index is 11.1. The van der Waals surface area contributed by atoms with Gasteiger partial charge in [-0.2, -0.15) is 4.73 Å². The largest absolute Gasteiger partial charge is 0.618 e. The summed E-state index contributed by atoms with van der Waals surface area (Å²) in [6.07, 6.45) is 1.48. The van der Waals surface area contributed by atoms with Crippen LogP contribution in [0.1, 0.15) is 0 Å². The molecule has 0 unspecified atom stereocenters. The van der Waals surface area contributed by atoms with E-state index in [2.05, 4.69) is 6.07 Å². The highest BCUT2D eigenvalue weighted by atomic mass is 16.5. The second-order valence-corrected chi connectivity index (χ2v) is 2.32. The van der Waals surface area contributed by atoms with E-state index in [1.807, 2.05) is 12.1 Å². The molecule has 2 heteroatoms. The molecular formula is C9H6NO. The zero-order valence-electron chi connectivity index (χ0n) is 5.82. The Labute approximate surface area is 64.3 Å². The molecule has 0 aliphatic heterocycles. The summed E-state index contributed by atoms with van der Waals surface area (Å²) in [7, 11) is 0. The van der Waals surface area contributed by atoms with Gasteiger partial charge in [0.2, 0.25) is 5.52 Å². The molecule has 2 rings (SSSR count). The van der Waals surface area contributed by atoms with Crippen molar-refractivity contribution < 1.29 is 4.73 Å². The molecule has 0 bridgehead atoms. The van der Waals surface area contributed by atoms with Crippen molar-refractivity contribution in [1.29, 1.82) is 0 Å². The molecule has 0 fully saturated rings. The van der Waals surface area contributed by atoms with Crippen LogP contribution in [-0.2, 0) is 0 Å². The van der Waals surface area contributed by atoms with Gasteiger partial charge in [-0.3, -0.25) is 0 Å². The number of hydrogen-bond donors (Lipinski definition) is 0. The third-order valence-corrected chi connectivity index (χ3v) is 1.61. The highest BCUT2D eigenvalue weighted by molar-refractivity contribution is 5.74. The Balaban J connectivity index is 2.91. The van der Waals surface area contributed by atoms with E-state index in [0.717, 1.165) is 10.1 Å². The van der Waals surface area contributed by atoms with Crippen LogP contribution in [0.15, 0.2) is 36.5 Å². The Morgan fingerprint density at radius 3 is 3.09 bits per heavy atom. The van der Waals surface area contributed by atoms with Crippen LogP contribution in [0.25, 0.3) is 10.9 Å². The number of hydrogen-bond acceptors (Lipinski definition) is 1. The average Bonchev–Trinajstić information content (AvgIpc) is 2.06. The minimum atomic E-state index is 0.662. The first-order valence-corrected chi connectivity index (χ1v) is 3.36. The van der Waals surface area contributed by atoms with Gasteiger partial charge in [-0.25, -0.2) is 0 Å². The minimum absolute atomic E-state index is 0.662. The Morgan fingerprint density at radius 2 is 2.27 bits per heavy atom. The summed E-state index contributed by atoms with van der Waals surface area (Å²) in [5, 5.41) is 12.0. The standard InChI is InChI=1S/C9H6NO/c11-10-7-3-5-8-4-1-2-6-9(8)10/h1,3-7H. The summed E-state index contributed by atoms with van der Waals surface area (Å²) in [6, 6.07) is 11.8. The third kappa shape index (κ3) is 0.923. The molecule has 1 heterocycles. The summed E-state index contributed by atoms with van der Waals surface area (Å²) in [5.74, 6) is 0. The van der Waals surface area contributed by atoms with Crippen molar-refractivity contribution in [2.45, 2.75) is 0 Å². The summed E-state index contributed by atoms with van der Waals surface area (Å²) < 4.78 is 0.839. The normalized spacial score (nSPS) is 10.2. The Hall–Kier alpha value is -1.57. The lowest BCUT2D eigenvalue weighted by atomic mass is 10.2. The average molecular weight is 144 g/mol. The molecule has 2 aromatic rings. The SMILES string of the molecule is [O-][n+]1cccc2cc[c]cc21. The van der Waals surface area contributed by atoms with Crippen LogP contribution in [0.2, 0.25) is 0 Å². The molecule has 0 aliphatic rings. The fourth-order valence-corrected chi connectivity index (χ4v) is 1.07. The van der Waals surface area contributed by atoms with Crippen molar-refractivity contribution in [3.63, 3.8) is 0 Å². The van der Waals surface area contributed by atoms with E-state index in [9.17, 15) is 5.21 Å². The lowest BCUT2D eigenvalue weighted by molar-refractivity contribution is -0.577. The van der Waals surface area contributed by atoms with Crippen LogP contribution in [0.3, 0.4) is 0 Å². The van der Waals surface area contributed by atoms with Crippen LogP contribution in [0.4, 0.5) is 0 Å². The number of pyridine rings is 1. The summed E-state index contributed by atoms with van der Waals surface area (Å²) in [4.78, 5) is 0. The number of nitrogens with zero attached hydrogens (tertiary/aromatic N) is 1. The molecule has 0 amide bonds. The predicted octanol–water partition coefficient (Wildman–Crippen LogP) is 1.27. The van der Waals surface area contributed by atoms with Crippen molar-refractivity contribution in [3.05, 3.63) is 47.8 Å². The lowest BCUT2D eigenvalue weighted by Crippen LogP contribution is -2.25. The van der Waals surface area contributed by atoms with Gasteiger partial charge in [-0.1, -0.05) is 6.07 Å². The predicted molar refractivity (Wildman–Crippen MR) is 41.7 cm³/mol. The molecule has 11 heavy (non-hydrogen) atoms. The molecule has 0 spiro atoms. The van der Waals surface area contributed by atoms with Crippen molar-refractivity contribution in [2.24, 2.45) is 0 Å². The first kappa shape index (κ1) is 6.16. The van der Waals surface area contributed by atoms with E-state index in [4.69, 9.17) is 0 Å². The van der Waals surface area contributed by atoms with E-state index in [1.54, 1.807) is 18.2 Å². The maximum absolute atomic E-state index is 11.1. The molecule has 1 radical (unpaired) electrons. The van der Waals surface area contributed by atoms with Crippen molar-refractivity contribution in [1.82, 2.24) is 0 Å². The van der Waals surface area contributed by atoms with Gasteiger partial charge in [0.1, 0.15) is 0 Å². The molecule has 0 N–H and O–H groups in total. The fraction of sp³-hybridized carbons (Fsp3) is 0. The highest BCUT2D eigenvalue weighted by Crippen LogP contribution is 2.06. The second kappa shape index (κ2) is 2.23. The van der Waals surface area contributed by atoms with Crippen molar-refractivity contribution in [3.8, 4) is 0 Å². The first-order chi connectivity index (χ1) is 5.38. The van der Waals surface area contributed by atoms with Gasteiger partial charge in [0, 0.05) is 17.5 Å². The van der Waals surface area contributed by atoms with E-state index in [-0.39, 0.29) is 0 Å². The minimum Gasteiger partial charge on any atom is -0.618 e. The van der Waals surface area contributed by atoms with Gasteiger partial charge >= 0.3 is 0 Å². The third-order valence-electron chi connectivity index (χ3n) is 1.61. The van der Waals surface area contributed by atoms with E-state index in [0.29, 0.717) is 5.52 Å². The summed E-state index contributed by atoms with van der Waals surface area (Å²) >= 11 is 0. The first-order valence-electron chi connectivity index (χ1n) is 3.36. The zero-order chi connectivity index (χ0) is 7.68. The van der Waals surface area contributed by atoms with E-state index < -0.39 is 0 Å². The molecule has 0 saturated carbocycles. The van der Waals surface area contributed by atoms with Crippen LogP contribution in [-0.4, -0.2) is 0 Å². The number of fused-ring (bicyclic) bond motifs is 1. The molecule has 53 valence electrons. The van der Waals surface area contributed by atoms with Crippen LogP contribution in [0, 0.1) is 11.3 Å². The molecule has 1 aromatic carbocycles. The molecular weight excluding hydrogens is 138 g/mol. The second-order valence-electron chi connectivity index (χ2n) is 2.32. The zero-order valence-corrected chi connectivity index (χ0v) is 5.82. The van der Waals surface area contributed by atoms with Gasteiger partial charge in [0.05, 0.1) is 0 Å². The van der Waals surface area contributed by atoms with Crippen LogP contribution >= 0.6 is 0 Å². The smallest absolute Gasteiger partial charge is 0.224 e. The molecule has 0 atom stereocenters. The molecule has 2 nitrogen and oxygen atoms in total. The number of rotatable bonds is 0. The Kier molecular flexibility index (Phi) is 1.25. The lowest BCUT2D eigenvalue weighted by Gasteiger charge is -1.98. The van der Waals surface area contributed by atoms with Gasteiger partial charge in [0.25, 0.3) is 0 Å². The van der Waals surface area contributed by atoms with Gasteiger partial charge in [-0.05, 0) is 18.2 Å².